The highest BCUT2D eigenvalue weighted by molar-refractivity contribution is 7.92. The Morgan fingerprint density at radius 2 is 2.11 bits per heavy atom. The zero-order valence-electron chi connectivity index (χ0n) is 10.6. The van der Waals surface area contributed by atoms with Gasteiger partial charge < -0.3 is 0 Å². The molecule has 8 heteroatoms. The molecule has 0 spiro atoms. The zero-order chi connectivity index (χ0) is 13.3. The van der Waals surface area contributed by atoms with Crippen LogP contribution in [-0.2, 0) is 10.0 Å². The molecule has 0 saturated heterocycles. The number of nitrogens with one attached hydrogen (secondary N) is 1. The molecule has 0 fully saturated rings. The Morgan fingerprint density at radius 1 is 1.39 bits per heavy atom. The predicted molar refractivity (Wildman–Crippen MR) is 72.7 cm³/mol. The minimum absolute atomic E-state index is 0.106. The Labute approximate surface area is 110 Å². The first-order valence-electron chi connectivity index (χ1n) is 5.76. The molecule has 0 atom stereocenters. The van der Waals surface area contributed by atoms with Gasteiger partial charge in [-0.15, -0.1) is 5.10 Å². The number of sulfonamides is 1. The van der Waals surface area contributed by atoms with E-state index in [1.807, 2.05) is 20.8 Å². The van der Waals surface area contributed by atoms with Gasteiger partial charge in [0.25, 0.3) is 5.95 Å². The highest BCUT2D eigenvalue weighted by Gasteiger charge is 2.15. The molecule has 100 valence electrons. The van der Waals surface area contributed by atoms with Gasteiger partial charge in [-0.2, -0.15) is 4.98 Å². The minimum Gasteiger partial charge on any atom is -0.250 e. The number of unbranched alkanes of at least 4 members (excludes halogenated alkanes) is 1. The lowest BCUT2D eigenvalue weighted by atomic mass is 10.4. The number of hydrogen-bond donors (Lipinski definition) is 1. The van der Waals surface area contributed by atoms with Crippen molar-refractivity contribution in [1.82, 2.24) is 14.6 Å². The summed E-state index contributed by atoms with van der Waals surface area (Å²) in [5, 5.41) is 4.15. The maximum Gasteiger partial charge on any atom is 0.257 e. The van der Waals surface area contributed by atoms with Crippen LogP contribution in [0, 0.1) is 13.8 Å². The summed E-state index contributed by atoms with van der Waals surface area (Å²) in [6, 6.07) is 0. The molecule has 18 heavy (non-hydrogen) atoms. The van der Waals surface area contributed by atoms with Gasteiger partial charge in [0.2, 0.25) is 15.0 Å². The van der Waals surface area contributed by atoms with Crippen molar-refractivity contribution in [2.24, 2.45) is 0 Å². The molecule has 0 unspecified atom stereocenters. The van der Waals surface area contributed by atoms with Crippen molar-refractivity contribution in [2.45, 2.75) is 33.6 Å². The summed E-state index contributed by atoms with van der Waals surface area (Å²) in [5.74, 6) is 0.259. The lowest BCUT2D eigenvalue weighted by molar-refractivity contribution is 0.597. The van der Waals surface area contributed by atoms with Gasteiger partial charge in [0.05, 0.1) is 11.4 Å². The molecule has 0 aliphatic carbocycles. The van der Waals surface area contributed by atoms with Crippen LogP contribution in [0.2, 0.25) is 0 Å². The topological polar surface area (TPSA) is 76.4 Å². The van der Waals surface area contributed by atoms with Gasteiger partial charge in [-0.25, -0.2) is 17.7 Å². The highest BCUT2D eigenvalue weighted by Crippen LogP contribution is 2.21. The summed E-state index contributed by atoms with van der Waals surface area (Å²) >= 11 is 1.50. The number of thiazole rings is 1. The molecule has 2 aromatic rings. The molecule has 0 aromatic carbocycles. The van der Waals surface area contributed by atoms with E-state index in [0.29, 0.717) is 11.4 Å². The maximum atomic E-state index is 11.7. The summed E-state index contributed by atoms with van der Waals surface area (Å²) in [6.45, 7) is 5.87. The standard InChI is InChI=1S/C10H16N4O2S2/c1-4-5-6-18(15,16)13-9-11-10-14(12-9)7(2)8(3)17-10/h4-6H2,1-3H3,(H,12,13). The van der Waals surface area contributed by atoms with Gasteiger partial charge in [0.1, 0.15) is 0 Å². The molecule has 0 amide bonds. The molecule has 0 saturated carbocycles. The lowest BCUT2D eigenvalue weighted by Gasteiger charge is -2.02. The summed E-state index contributed by atoms with van der Waals surface area (Å²) in [4.78, 5) is 6.00. The molecule has 0 radical (unpaired) electrons. The Morgan fingerprint density at radius 3 is 2.72 bits per heavy atom. The van der Waals surface area contributed by atoms with Crippen molar-refractivity contribution in [1.29, 1.82) is 0 Å². The second-order valence-corrected chi connectivity index (χ2v) is 7.17. The van der Waals surface area contributed by atoms with Crippen LogP contribution in [0.25, 0.3) is 4.96 Å². The summed E-state index contributed by atoms with van der Waals surface area (Å²) in [6.07, 6.45) is 1.47. The van der Waals surface area contributed by atoms with E-state index in [9.17, 15) is 8.42 Å². The SMILES string of the molecule is CCCCS(=O)(=O)Nc1nc2sc(C)c(C)n2n1. The fourth-order valence-corrected chi connectivity index (χ4v) is 3.55. The van der Waals surface area contributed by atoms with E-state index in [0.717, 1.165) is 17.0 Å². The average molecular weight is 288 g/mol. The Balaban J connectivity index is 2.22. The third kappa shape index (κ3) is 2.64. The summed E-state index contributed by atoms with van der Waals surface area (Å²) < 4.78 is 27.5. The molecule has 0 aliphatic rings. The molecule has 6 nitrogen and oxygen atoms in total. The van der Waals surface area contributed by atoms with E-state index >= 15 is 0 Å². The normalized spacial score (nSPS) is 12.2. The van der Waals surface area contributed by atoms with Crippen LogP contribution >= 0.6 is 11.3 Å². The van der Waals surface area contributed by atoms with Crippen molar-refractivity contribution in [3.05, 3.63) is 10.6 Å². The number of nitrogens with zero attached hydrogens (tertiary/aromatic N) is 3. The highest BCUT2D eigenvalue weighted by atomic mass is 32.2. The van der Waals surface area contributed by atoms with E-state index in [1.165, 1.54) is 11.3 Å². The number of hydrogen-bond acceptors (Lipinski definition) is 5. The molecular weight excluding hydrogens is 272 g/mol. The van der Waals surface area contributed by atoms with Crippen LogP contribution in [0.4, 0.5) is 5.95 Å². The molecule has 0 bridgehead atoms. The number of aryl methyl sites for hydroxylation is 2. The molecule has 2 heterocycles. The van der Waals surface area contributed by atoms with Gasteiger partial charge in [0.15, 0.2) is 0 Å². The second kappa shape index (κ2) is 4.85. The van der Waals surface area contributed by atoms with Gasteiger partial charge in [-0.3, -0.25) is 0 Å². The van der Waals surface area contributed by atoms with E-state index in [4.69, 9.17) is 0 Å². The summed E-state index contributed by atoms with van der Waals surface area (Å²) in [5.41, 5.74) is 0.988. The Kier molecular flexibility index (Phi) is 3.58. The van der Waals surface area contributed by atoms with Gasteiger partial charge in [-0.1, -0.05) is 24.7 Å². The first kappa shape index (κ1) is 13.3. The monoisotopic (exact) mass is 288 g/mol. The number of fused-ring (bicyclic) bond motifs is 1. The molecule has 2 rings (SSSR count). The Hall–Kier alpha value is -1.15. The molecule has 2 aromatic heterocycles. The quantitative estimate of drug-likeness (QED) is 0.912. The lowest BCUT2D eigenvalue weighted by Crippen LogP contribution is -2.17. The predicted octanol–water partition coefficient (Wildman–Crippen LogP) is 1.95. The van der Waals surface area contributed by atoms with Gasteiger partial charge >= 0.3 is 0 Å². The average Bonchev–Trinajstić information content (AvgIpc) is 2.77. The number of rotatable bonds is 5. The van der Waals surface area contributed by atoms with E-state index in [1.54, 1.807) is 4.52 Å². The van der Waals surface area contributed by atoms with E-state index in [-0.39, 0.29) is 11.7 Å². The third-order valence-corrected chi connectivity index (χ3v) is 5.03. The maximum absolute atomic E-state index is 11.7. The van der Waals surface area contributed by atoms with E-state index in [2.05, 4.69) is 14.8 Å². The van der Waals surface area contributed by atoms with Crippen LogP contribution in [0.3, 0.4) is 0 Å². The summed E-state index contributed by atoms with van der Waals surface area (Å²) in [7, 11) is -3.33. The third-order valence-electron chi connectivity index (χ3n) is 2.66. The van der Waals surface area contributed by atoms with Crippen molar-refractivity contribution in [2.75, 3.05) is 10.5 Å². The molecule has 0 aliphatic heterocycles. The van der Waals surface area contributed by atoms with Crippen molar-refractivity contribution in [3.63, 3.8) is 0 Å². The van der Waals surface area contributed by atoms with Gasteiger partial charge in [0, 0.05) is 4.88 Å². The van der Waals surface area contributed by atoms with Crippen LogP contribution in [-0.4, -0.2) is 28.8 Å². The van der Waals surface area contributed by atoms with E-state index < -0.39 is 10.0 Å². The minimum atomic E-state index is -3.33. The first-order valence-corrected chi connectivity index (χ1v) is 8.23. The first-order chi connectivity index (χ1) is 8.43. The van der Waals surface area contributed by atoms with Crippen LogP contribution < -0.4 is 4.72 Å². The van der Waals surface area contributed by atoms with Crippen molar-refractivity contribution in [3.8, 4) is 0 Å². The van der Waals surface area contributed by atoms with Crippen LogP contribution in [0.1, 0.15) is 30.3 Å². The largest absolute Gasteiger partial charge is 0.257 e. The number of anilines is 1. The second-order valence-electron chi connectivity index (χ2n) is 4.15. The van der Waals surface area contributed by atoms with Crippen molar-refractivity contribution >= 4 is 32.3 Å². The smallest absolute Gasteiger partial charge is 0.250 e. The zero-order valence-corrected chi connectivity index (χ0v) is 12.2. The van der Waals surface area contributed by atoms with Gasteiger partial charge in [-0.05, 0) is 20.3 Å². The molecule has 1 N–H and O–H groups in total. The molecular formula is C10H16N4O2S2. The number of aromatic nitrogens is 3. The fourth-order valence-electron chi connectivity index (χ4n) is 1.51. The van der Waals surface area contributed by atoms with Crippen LogP contribution in [0.5, 0.6) is 0 Å². The van der Waals surface area contributed by atoms with Crippen LogP contribution in [0.15, 0.2) is 0 Å². The fraction of sp³-hybridized carbons (Fsp3) is 0.600. The Bertz CT molecular complexity index is 657. The van der Waals surface area contributed by atoms with Crippen molar-refractivity contribution < 1.29 is 8.42 Å².